The summed E-state index contributed by atoms with van der Waals surface area (Å²) in [5, 5.41) is 0. The summed E-state index contributed by atoms with van der Waals surface area (Å²) in [7, 11) is 3.87. The van der Waals surface area contributed by atoms with Gasteiger partial charge in [-0.05, 0) is 44.8 Å². The second kappa shape index (κ2) is 6.21. The van der Waals surface area contributed by atoms with Crippen molar-refractivity contribution in [3.8, 4) is 5.75 Å². The smallest absolute Gasteiger partial charge is 0.123 e. The highest BCUT2D eigenvalue weighted by Gasteiger charge is 2.28. The van der Waals surface area contributed by atoms with Gasteiger partial charge in [-0.25, -0.2) is 0 Å². The first-order valence-corrected chi connectivity index (χ1v) is 6.76. The Labute approximate surface area is 110 Å². The zero-order chi connectivity index (χ0) is 13.0. The van der Waals surface area contributed by atoms with Gasteiger partial charge in [-0.15, -0.1) is 0 Å². The van der Waals surface area contributed by atoms with Crippen LogP contribution < -0.4 is 10.5 Å². The predicted molar refractivity (Wildman–Crippen MR) is 74.6 cm³/mol. The summed E-state index contributed by atoms with van der Waals surface area (Å²) in [5.74, 6) is 1.76. The third-order valence-corrected chi connectivity index (χ3v) is 3.70. The maximum absolute atomic E-state index is 6.13. The molecule has 0 amide bonds. The molecule has 1 unspecified atom stereocenters. The van der Waals surface area contributed by atoms with Crippen molar-refractivity contribution in [1.82, 2.24) is 4.90 Å². The van der Waals surface area contributed by atoms with Crippen LogP contribution in [0.5, 0.6) is 5.75 Å². The zero-order valence-electron chi connectivity index (χ0n) is 11.4. The lowest BCUT2D eigenvalue weighted by molar-refractivity contribution is 0.298. The van der Waals surface area contributed by atoms with Crippen molar-refractivity contribution >= 4 is 0 Å². The number of hydrogen-bond acceptors (Lipinski definition) is 3. The third-order valence-electron chi connectivity index (χ3n) is 3.70. The molecule has 100 valence electrons. The molecular formula is C15H24N2O. The van der Waals surface area contributed by atoms with Gasteiger partial charge < -0.3 is 15.4 Å². The standard InChI is InChI=1S/C15H24N2O/c1-17(10-9-14(16)12-7-8-12)11-13-5-3-4-6-15(13)18-2/h3-6,12,14H,7-11,16H2,1-2H3. The van der Waals surface area contributed by atoms with Crippen LogP contribution in [0.4, 0.5) is 0 Å². The first kappa shape index (κ1) is 13.4. The second-order valence-corrected chi connectivity index (χ2v) is 5.34. The quantitative estimate of drug-likeness (QED) is 0.804. The third kappa shape index (κ3) is 3.72. The van der Waals surface area contributed by atoms with Crippen molar-refractivity contribution in [2.45, 2.75) is 31.8 Å². The van der Waals surface area contributed by atoms with Crippen molar-refractivity contribution in [2.24, 2.45) is 11.7 Å². The van der Waals surface area contributed by atoms with Crippen LogP contribution in [0, 0.1) is 5.92 Å². The molecule has 1 aliphatic rings. The van der Waals surface area contributed by atoms with E-state index in [1.54, 1.807) is 7.11 Å². The highest BCUT2D eigenvalue weighted by Crippen LogP contribution is 2.32. The molecular weight excluding hydrogens is 224 g/mol. The molecule has 0 spiro atoms. The molecule has 0 radical (unpaired) electrons. The minimum Gasteiger partial charge on any atom is -0.496 e. The minimum atomic E-state index is 0.394. The highest BCUT2D eigenvalue weighted by atomic mass is 16.5. The molecule has 18 heavy (non-hydrogen) atoms. The van der Waals surface area contributed by atoms with E-state index in [0.29, 0.717) is 6.04 Å². The first-order chi connectivity index (χ1) is 8.70. The van der Waals surface area contributed by atoms with E-state index >= 15 is 0 Å². The van der Waals surface area contributed by atoms with E-state index in [1.165, 1.54) is 18.4 Å². The van der Waals surface area contributed by atoms with Crippen LogP contribution in [0.2, 0.25) is 0 Å². The number of methoxy groups -OCH3 is 1. The van der Waals surface area contributed by atoms with Crippen LogP contribution in [0.15, 0.2) is 24.3 Å². The zero-order valence-corrected chi connectivity index (χ0v) is 11.4. The van der Waals surface area contributed by atoms with E-state index in [2.05, 4.69) is 24.1 Å². The van der Waals surface area contributed by atoms with Crippen molar-refractivity contribution in [3.05, 3.63) is 29.8 Å². The van der Waals surface area contributed by atoms with Gasteiger partial charge in [0.25, 0.3) is 0 Å². The highest BCUT2D eigenvalue weighted by molar-refractivity contribution is 5.32. The summed E-state index contributed by atoms with van der Waals surface area (Å²) in [4.78, 5) is 2.32. The maximum Gasteiger partial charge on any atom is 0.123 e. The van der Waals surface area contributed by atoms with E-state index in [0.717, 1.165) is 31.2 Å². The van der Waals surface area contributed by atoms with Crippen LogP contribution in [-0.2, 0) is 6.54 Å². The lowest BCUT2D eigenvalue weighted by Gasteiger charge is -2.20. The Hall–Kier alpha value is -1.06. The molecule has 2 N–H and O–H groups in total. The monoisotopic (exact) mass is 248 g/mol. The van der Waals surface area contributed by atoms with E-state index in [9.17, 15) is 0 Å². The molecule has 2 rings (SSSR count). The summed E-state index contributed by atoms with van der Waals surface area (Å²) in [6.07, 6.45) is 3.76. The molecule has 0 heterocycles. The number of para-hydroxylation sites is 1. The van der Waals surface area contributed by atoms with Gasteiger partial charge in [0, 0.05) is 18.2 Å². The molecule has 1 aromatic carbocycles. The molecule has 3 nitrogen and oxygen atoms in total. The molecule has 1 atom stereocenters. The van der Waals surface area contributed by atoms with Crippen molar-refractivity contribution in [1.29, 1.82) is 0 Å². The summed E-state index contributed by atoms with van der Waals surface area (Å²) < 4.78 is 5.37. The molecule has 1 aliphatic carbocycles. The Morgan fingerprint density at radius 1 is 1.39 bits per heavy atom. The number of hydrogen-bond donors (Lipinski definition) is 1. The number of nitrogens with zero attached hydrogens (tertiary/aromatic N) is 1. The lowest BCUT2D eigenvalue weighted by atomic mass is 10.1. The topological polar surface area (TPSA) is 38.5 Å². The molecule has 1 aromatic rings. The van der Waals surface area contributed by atoms with Gasteiger partial charge in [-0.1, -0.05) is 18.2 Å². The molecule has 1 saturated carbocycles. The van der Waals surface area contributed by atoms with Gasteiger partial charge in [-0.2, -0.15) is 0 Å². The average Bonchev–Trinajstić information content (AvgIpc) is 3.21. The minimum absolute atomic E-state index is 0.394. The molecule has 0 aliphatic heterocycles. The van der Waals surface area contributed by atoms with Gasteiger partial charge in [0.15, 0.2) is 0 Å². The van der Waals surface area contributed by atoms with E-state index in [4.69, 9.17) is 10.5 Å². The Bertz CT molecular complexity index is 377. The van der Waals surface area contributed by atoms with E-state index in [-0.39, 0.29) is 0 Å². The van der Waals surface area contributed by atoms with Crippen LogP contribution in [0.25, 0.3) is 0 Å². The number of ether oxygens (including phenoxy) is 1. The van der Waals surface area contributed by atoms with Crippen LogP contribution in [0.1, 0.15) is 24.8 Å². The fraction of sp³-hybridized carbons (Fsp3) is 0.600. The van der Waals surface area contributed by atoms with Crippen LogP contribution in [0.3, 0.4) is 0 Å². The molecule has 0 bridgehead atoms. The van der Waals surface area contributed by atoms with E-state index in [1.807, 2.05) is 12.1 Å². The Balaban J connectivity index is 1.80. The summed E-state index contributed by atoms with van der Waals surface area (Å²) >= 11 is 0. The van der Waals surface area contributed by atoms with Gasteiger partial charge in [0.05, 0.1) is 7.11 Å². The Kier molecular flexibility index (Phi) is 4.61. The van der Waals surface area contributed by atoms with E-state index < -0.39 is 0 Å². The van der Waals surface area contributed by atoms with Crippen molar-refractivity contribution < 1.29 is 4.74 Å². The number of nitrogens with two attached hydrogens (primary N) is 1. The number of rotatable bonds is 7. The predicted octanol–water partition coefficient (Wildman–Crippen LogP) is 2.25. The molecule has 1 fully saturated rings. The lowest BCUT2D eigenvalue weighted by Crippen LogP contribution is -2.29. The van der Waals surface area contributed by atoms with Crippen molar-refractivity contribution in [3.63, 3.8) is 0 Å². The van der Waals surface area contributed by atoms with Crippen molar-refractivity contribution in [2.75, 3.05) is 20.7 Å². The first-order valence-electron chi connectivity index (χ1n) is 6.76. The van der Waals surface area contributed by atoms with Crippen LogP contribution >= 0.6 is 0 Å². The Morgan fingerprint density at radius 3 is 2.78 bits per heavy atom. The molecule has 3 heteroatoms. The van der Waals surface area contributed by atoms with Gasteiger partial charge in [0.1, 0.15) is 5.75 Å². The fourth-order valence-electron chi connectivity index (χ4n) is 2.33. The summed E-state index contributed by atoms with van der Waals surface area (Å²) in [6.45, 7) is 1.97. The molecule has 0 aromatic heterocycles. The fourth-order valence-corrected chi connectivity index (χ4v) is 2.33. The molecule has 0 saturated heterocycles. The second-order valence-electron chi connectivity index (χ2n) is 5.34. The van der Waals surface area contributed by atoms with Gasteiger partial charge >= 0.3 is 0 Å². The normalized spacial score (nSPS) is 16.9. The summed E-state index contributed by atoms with van der Waals surface area (Å²) in [5.41, 5.74) is 7.36. The maximum atomic E-state index is 6.13. The largest absolute Gasteiger partial charge is 0.496 e. The summed E-state index contributed by atoms with van der Waals surface area (Å²) in [6, 6.07) is 8.59. The number of benzene rings is 1. The van der Waals surface area contributed by atoms with Gasteiger partial charge in [-0.3, -0.25) is 0 Å². The van der Waals surface area contributed by atoms with Crippen LogP contribution in [-0.4, -0.2) is 31.6 Å². The van der Waals surface area contributed by atoms with Gasteiger partial charge in [0.2, 0.25) is 0 Å². The average molecular weight is 248 g/mol. The SMILES string of the molecule is COc1ccccc1CN(C)CCC(N)C1CC1. The Morgan fingerprint density at radius 2 is 2.11 bits per heavy atom.